The maximum absolute atomic E-state index is 16.4. The van der Waals surface area contributed by atoms with Crippen LogP contribution in [-0.4, -0.2) is 49.4 Å². The Kier molecular flexibility index (Phi) is 6.89. The number of aryl methyl sites for hydroxylation is 1. The summed E-state index contributed by atoms with van der Waals surface area (Å²) in [6.45, 7) is -0.178. The third-order valence-electron chi connectivity index (χ3n) is 7.87. The van der Waals surface area contributed by atoms with Gasteiger partial charge in [0.2, 0.25) is 5.78 Å². The van der Waals surface area contributed by atoms with E-state index in [-0.39, 0.29) is 42.1 Å². The fourth-order valence-electron chi connectivity index (χ4n) is 5.27. The van der Waals surface area contributed by atoms with Crippen LogP contribution >= 0.6 is 11.6 Å². The van der Waals surface area contributed by atoms with Gasteiger partial charge >= 0.3 is 0 Å². The number of benzene rings is 2. The topological polar surface area (TPSA) is 121 Å². The Morgan fingerprint density at radius 3 is 2.55 bits per heavy atom. The molecule has 42 heavy (non-hydrogen) atoms. The lowest BCUT2D eigenvalue weighted by Gasteiger charge is -2.40. The first-order chi connectivity index (χ1) is 20.2. The van der Waals surface area contributed by atoms with E-state index in [2.05, 4.69) is 9.97 Å². The summed E-state index contributed by atoms with van der Waals surface area (Å²) in [6, 6.07) is 14.2. The smallest absolute Gasteiger partial charge is 0.257 e. The van der Waals surface area contributed by atoms with Crippen molar-refractivity contribution in [1.29, 1.82) is 5.26 Å². The molecule has 1 aliphatic heterocycles. The standard InChI is InChI=1S/C31H25ClFN5O4/c1-37-15-26(36-18-37)28(40)20-10-24-27(25(33)11-20)31(21-3-5-22(32)6-4-21,42-17-30(16-39)8-9-30)38(29(24)41)14-23-7-2-19(12-34)13-35-23/h2-7,10-11,13,15,18,39H,8-9,14,16-17H2,1H3. The fraction of sp³-hybridized carbons (Fsp3) is 0.258. The Bertz CT molecular complexity index is 1740. The Hall–Kier alpha value is -4.43. The van der Waals surface area contributed by atoms with Crippen molar-refractivity contribution < 1.29 is 23.8 Å². The number of aromatic nitrogens is 3. The van der Waals surface area contributed by atoms with E-state index in [1.165, 1.54) is 29.7 Å². The lowest BCUT2D eigenvalue weighted by Crippen LogP contribution is -2.48. The van der Waals surface area contributed by atoms with Crippen LogP contribution in [0.1, 0.15) is 61.6 Å². The van der Waals surface area contributed by atoms with Crippen molar-refractivity contribution in [1.82, 2.24) is 19.4 Å². The number of amides is 1. The Balaban J connectivity index is 1.54. The lowest BCUT2D eigenvalue weighted by atomic mass is 9.90. The molecule has 0 radical (unpaired) electrons. The predicted molar refractivity (Wildman–Crippen MR) is 149 cm³/mol. The average Bonchev–Trinajstić information content (AvgIpc) is 3.59. The van der Waals surface area contributed by atoms with E-state index < -0.39 is 28.6 Å². The number of hydrogen-bond acceptors (Lipinski definition) is 7. The largest absolute Gasteiger partial charge is 0.396 e. The van der Waals surface area contributed by atoms with Gasteiger partial charge in [-0.15, -0.1) is 0 Å². The van der Waals surface area contributed by atoms with Crippen LogP contribution in [0.4, 0.5) is 4.39 Å². The highest BCUT2D eigenvalue weighted by Crippen LogP contribution is 2.52. The number of nitrogens with zero attached hydrogens (tertiary/aromatic N) is 5. The van der Waals surface area contributed by atoms with Gasteiger partial charge < -0.3 is 14.4 Å². The van der Waals surface area contributed by atoms with Crippen LogP contribution in [-0.2, 0) is 24.1 Å². The number of aliphatic hydroxyl groups excluding tert-OH is 1. The lowest BCUT2D eigenvalue weighted by molar-refractivity contribution is -0.130. The van der Waals surface area contributed by atoms with Gasteiger partial charge in [-0.25, -0.2) is 9.37 Å². The fourth-order valence-corrected chi connectivity index (χ4v) is 5.40. The minimum absolute atomic E-state index is 0.0318. The quantitative estimate of drug-likeness (QED) is 0.290. The molecule has 3 heterocycles. The minimum Gasteiger partial charge on any atom is -0.396 e. The third-order valence-corrected chi connectivity index (χ3v) is 8.13. The molecule has 4 aromatic rings. The summed E-state index contributed by atoms with van der Waals surface area (Å²) in [7, 11) is 1.71. The van der Waals surface area contributed by atoms with Gasteiger partial charge in [0.15, 0.2) is 5.72 Å². The summed E-state index contributed by atoms with van der Waals surface area (Å²) >= 11 is 6.21. The minimum atomic E-state index is -1.77. The molecule has 1 amide bonds. The summed E-state index contributed by atoms with van der Waals surface area (Å²) in [5, 5.41) is 19.7. The SMILES string of the molecule is Cn1cnc(C(=O)c2cc(F)c3c(c2)C(=O)N(Cc2ccc(C#N)cn2)C3(OCC2(CO)CC2)c2ccc(Cl)cc2)c1. The number of aliphatic hydroxyl groups is 1. The van der Waals surface area contributed by atoms with Crippen LogP contribution in [0.15, 0.2) is 67.3 Å². The van der Waals surface area contributed by atoms with Gasteiger partial charge in [-0.3, -0.25) is 19.5 Å². The van der Waals surface area contributed by atoms with Crippen molar-refractivity contribution in [2.45, 2.75) is 25.1 Å². The van der Waals surface area contributed by atoms with Crippen molar-refractivity contribution in [3.05, 3.63) is 117 Å². The Labute approximate surface area is 245 Å². The van der Waals surface area contributed by atoms with E-state index in [1.807, 2.05) is 6.07 Å². The maximum Gasteiger partial charge on any atom is 0.257 e. The molecule has 11 heteroatoms. The number of pyridine rings is 1. The van der Waals surface area contributed by atoms with Crippen LogP contribution in [0, 0.1) is 22.6 Å². The first-order valence-electron chi connectivity index (χ1n) is 13.2. The van der Waals surface area contributed by atoms with E-state index in [0.29, 0.717) is 21.8 Å². The van der Waals surface area contributed by atoms with Crippen LogP contribution in [0.5, 0.6) is 0 Å². The number of carbonyl (C=O) groups is 2. The van der Waals surface area contributed by atoms with Crippen molar-refractivity contribution in [3.63, 3.8) is 0 Å². The van der Waals surface area contributed by atoms with Gasteiger partial charge in [-0.2, -0.15) is 5.26 Å². The van der Waals surface area contributed by atoms with E-state index in [0.717, 1.165) is 18.9 Å². The zero-order valence-electron chi connectivity index (χ0n) is 22.6. The van der Waals surface area contributed by atoms with E-state index in [9.17, 15) is 20.0 Å². The third kappa shape index (κ3) is 4.65. The monoisotopic (exact) mass is 585 g/mol. The van der Waals surface area contributed by atoms with Crippen molar-refractivity contribution in [2.75, 3.05) is 13.2 Å². The molecule has 2 aromatic heterocycles. The first-order valence-corrected chi connectivity index (χ1v) is 13.6. The predicted octanol–water partition coefficient (Wildman–Crippen LogP) is 4.36. The molecule has 1 fully saturated rings. The Morgan fingerprint density at radius 2 is 1.95 bits per heavy atom. The van der Waals surface area contributed by atoms with E-state index in [1.54, 1.807) is 48.0 Å². The van der Waals surface area contributed by atoms with Crippen LogP contribution in [0.25, 0.3) is 0 Å². The number of imidazole rings is 1. The van der Waals surface area contributed by atoms with Crippen molar-refractivity contribution >= 4 is 23.3 Å². The Morgan fingerprint density at radius 1 is 1.19 bits per heavy atom. The second-order valence-electron chi connectivity index (χ2n) is 10.8. The number of nitriles is 1. The maximum atomic E-state index is 16.4. The molecule has 212 valence electrons. The van der Waals surface area contributed by atoms with Gasteiger partial charge in [0.25, 0.3) is 5.91 Å². The second kappa shape index (κ2) is 10.4. The first kappa shape index (κ1) is 27.7. The summed E-state index contributed by atoms with van der Waals surface area (Å²) in [6.07, 6.45) is 5.81. The summed E-state index contributed by atoms with van der Waals surface area (Å²) in [5.74, 6) is -1.92. The molecule has 2 aliphatic rings. The molecular formula is C31H25ClFN5O4. The van der Waals surface area contributed by atoms with Crippen LogP contribution in [0.3, 0.4) is 0 Å². The van der Waals surface area contributed by atoms with Gasteiger partial charge in [-0.05, 0) is 49.2 Å². The average molecular weight is 586 g/mol. The molecule has 9 nitrogen and oxygen atoms in total. The molecule has 1 saturated carbocycles. The molecule has 0 bridgehead atoms. The van der Waals surface area contributed by atoms with E-state index in [4.69, 9.17) is 16.3 Å². The van der Waals surface area contributed by atoms with E-state index >= 15 is 4.39 Å². The normalized spacial score (nSPS) is 18.5. The van der Waals surface area contributed by atoms with Gasteiger partial charge in [-0.1, -0.05) is 23.7 Å². The molecule has 1 N–H and O–H groups in total. The number of carbonyl (C=O) groups excluding carboxylic acids is 2. The molecule has 0 spiro atoms. The molecule has 1 atom stereocenters. The highest BCUT2D eigenvalue weighted by molar-refractivity contribution is 6.30. The number of hydrogen-bond donors (Lipinski definition) is 1. The van der Waals surface area contributed by atoms with Crippen LogP contribution < -0.4 is 0 Å². The van der Waals surface area contributed by atoms with Gasteiger partial charge in [0.05, 0.1) is 48.5 Å². The summed E-state index contributed by atoms with van der Waals surface area (Å²) in [4.78, 5) is 37.3. The zero-order chi connectivity index (χ0) is 29.6. The molecule has 2 aromatic carbocycles. The molecule has 1 aliphatic carbocycles. The van der Waals surface area contributed by atoms with Gasteiger partial charge in [0.1, 0.15) is 17.6 Å². The zero-order valence-corrected chi connectivity index (χ0v) is 23.3. The summed E-state index contributed by atoms with van der Waals surface area (Å²) < 4.78 is 24.6. The second-order valence-corrected chi connectivity index (χ2v) is 11.2. The van der Waals surface area contributed by atoms with Crippen LogP contribution in [0.2, 0.25) is 5.02 Å². The van der Waals surface area contributed by atoms with Crippen molar-refractivity contribution in [2.24, 2.45) is 12.5 Å². The molecule has 1 unspecified atom stereocenters. The highest BCUT2D eigenvalue weighted by Gasteiger charge is 2.56. The number of halogens is 2. The molecule has 6 rings (SSSR count). The van der Waals surface area contributed by atoms with Gasteiger partial charge in [0, 0.05) is 41.0 Å². The highest BCUT2D eigenvalue weighted by atomic mass is 35.5. The molecular weight excluding hydrogens is 561 g/mol. The number of ketones is 1. The molecule has 0 saturated heterocycles. The van der Waals surface area contributed by atoms with Crippen molar-refractivity contribution in [3.8, 4) is 6.07 Å². The number of rotatable bonds is 9. The number of fused-ring (bicyclic) bond motifs is 1. The number of ether oxygens (including phenoxy) is 1. The summed E-state index contributed by atoms with van der Waals surface area (Å²) in [5.41, 5.74) is -1.06.